The molecule has 8 N–H and O–H groups in total. The van der Waals surface area contributed by atoms with Gasteiger partial charge in [-0.05, 0) is 43.9 Å². The standard InChI is InChI=1S/C19H25N9O/c20-7-8-24-28-15-6-2-5-14(10-15)25-18-16(17(22)29)11-23-19(27-18)26-13-4-1-3-12(21)9-13/h2,5-8,10-13,20,28H,1,3-4,9,21H2,(H2,22,29)(H2,23,25,26,27)/b20-7?,24-8-/t12-,13+/m0/s1. The first-order valence-corrected chi connectivity index (χ1v) is 9.39. The minimum atomic E-state index is -0.622. The Balaban J connectivity index is 1.79. The minimum Gasteiger partial charge on any atom is -0.365 e. The van der Waals surface area contributed by atoms with Crippen molar-refractivity contribution >= 4 is 41.5 Å². The van der Waals surface area contributed by atoms with Gasteiger partial charge >= 0.3 is 0 Å². The van der Waals surface area contributed by atoms with Gasteiger partial charge in [0.1, 0.15) is 11.4 Å². The van der Waals surface area contributed by atoms with E-state index in [-0.39, 0.29) is 17.6 Å². The van der Waals surface area contributed by atoms with Gasteiger partial charge < -0.3 is 27.5 Å². The first kappa shape index (κ1) is 20.2. The molecule has 1 fully saturated rings. The van der Waals surface area contributed by atoms with Crippen LogP contribution >= 0.6 is 0 Å². The zero-order valence-electron chi connectivity index (χ0n) is 15.9. The van der Waals surface area contributed by atoms with Gasteiger partial charge in [-0.15, -0.1) is 0 Å². The van der Waals surface area contributed by atoms with Gasteiger partial charge in [0, 0.05) is 30.2 Å². The highest BCUT2D eigenvalue weighted by Crippen LogP contribution is 2.24. The fraction of sp³-hybridized carbons (Fsp3) is 0.316. The Morgan fingerprint density at radius 2 is 2.14 bits per heavy atom. The fourth-order valence-corrected chi connectivity index (χ4v) is 3.22. The average Bonchev–Trinajstić information content (AvgIpc) is 2.68. The van der Waals surface area contributed by atoms with Gasteiger partial charge in [0.05, 0.1) is 11.9 Å². The SMILES string of the molecule is N=C/C=N\Nc1cccc(Nc2nc(N[C@@H]3CCC[C@H](N)C3)ncc2C(N)=O)c1. The van der Waals surface area contributed by atoms with E-state index in [0.29, 0.717) is 23.1 Å². The van der Waals surface area contributed by atoms with Crippen molar-refractivity contribution in [3.05, 3.63) is 36.0 Å². The van der Waals surface area contributed by atoms with Crippen LogP contribution in [0.3, 0.4) is 0 Å². The van der Waals surface area contributed by atoms with Crippen molar-refractivity contribution in [3.8, 4) is 0 Å². The zero-order chi connectivity index (χ0) is 20.6. The molecule has 10 heteroatoms. The van der Waals surface area contributed by atoms with Crippen molar-refractivity contribution in [1.82, 2.24) is 9.97 Å². The molecule has 1 aliphatic carbocycles. The summed E-state index contributed by atoms with van der Waals surface area (Å²) in [4.78, 5) is 20.5. The zero-order valence-corrected chi connectivity index (χ0v) is 15.9. The van der Waals surface area contributed by atoms with Crippen molar-refractivity contribution in [1.29, 1.82) is 5.41 Å². The third-order valence-electron chi connectivity index (χ3n) is 4.57. The van der Waals surface area contributed by atoms with Crippen molar-refractivity contribution < 1.29 is 4.79 Å². The number of carbonyl (C=O) groups excluding carboxylic acids is 1. The van der Waals surface area contributed by atoms with E-state index in [0.717, 1.165) is 31.9 Å². The van der Waals surface area contributed by atoms with E-state index < -0.39 is 5.91 Å². The Bertz CT molecular complexity index is 899. The Labute approximate surface area is 168 Å². The summed E-state index contributed by atoms with van der Waals surface area (Å²) in [6, 6.07) is 7.63. The lowest BCUT2D eigenvalue weighted by atomic mass is 9.92. The molecule has 0 saturated heterocycles. The lowest BCUT2D eigenvalue weighted by Gasteiger charge is -2.27. The summed E-state index contributed by atoms with van der Waals surface area (Å²) in [6.45, 7) is 0. The average molecular weight is 395 g/mol. The number of amides is 1. The van der Waals surface area contributed by atoms with Crippen LogP contribution in [0.2, 0.25) is 0 Å². The lowest BCUT2D eigenvalue weighted by Crippen LogP contribution is -2.35. The Morgan fingerprint density at radius 3 is 2.90 bits per heavy atom. The second-order valence-corrected chi connectivity index (χ2v) is 6.85. The molecular weight excluding hydrogens is 370 g/mol. The number of anilines is 4. The highest BCUT2D eigenvalue weighted by Gasteiger charge is 2.20. The topological polar surface area (TPSA) is 167 Å². The molecule has 0 spiro atoms. The smallest absolute Gasteiger partial charge is 0.254 e. The van der Waals surface area contributed by atoms with Crippen LogP contribution in [0.4, 0.5) is 23.1 Å². The first-order valence-electron chi connectivity index (χ1n) is 9.39. The molecule has 1 heterocycles. The van der Waals surface area contributed by atoms with Gasteiger partial charge in [-0.25, -0.2) is 4.98 Å². The summed E-state index contributed by atoms with van der Waals surface area (Å²) in [5.41, 5.74) is 15.9. The number of hydrogen-bond donors (Lipinski definition) is 6. The Kier molecular flexibility index (Phi) is 6.69. The highest BCUT2D eigenvalue weighted by atomic mass is 16.1. The normalized spacial score (nSPS) is 18.9. The van der Waals surface area contributed by atoms with E-state index >= 15 is 0 Å². The van der Waals surface area contributed by atoms with Gasteiger partial charge in [-0.3, -0.25) is 10.2 Å². The van der Waals surface area contributed by atoms with Crippen LogP contribution in [0, 0.1) is 5.41 Å². The van der Waals surface area contributed by atoms with Crippen LogP contribution in [0.25, 0.3) is 0 Å². The van der Waals surface area contributed by atoms with Gasteiger partial charge in [0.25, 0.3) is 5.91 Å². The number of nitrogens with zero attached hydrogens (tertiary/aromatic N) is 3. The number of benzene rings is 1. The second-order valence-electron chi connectivity index (χ2n) is 6.85. The lowest BCUT2D eigenvalue weighted by molar-refractivity contribution is 0.100. The first-order chi connectivity index (χ1) is 14.0. The van der Waals surface area contributed by atoms with Crippen molar-refractivity contribution in [2.24, 2.45) is 16.6 Å². The highest BCUT2D eigenvalue weighted by molar-refractivity contribution is 6.14. The molecule has 1 aliphatic rings. The molecule has 152 valence electrons. The maximum Gasteiger partial charge on any atom is 0.254 e. The summed E-state index contributed by atoms with van der Waals surface area (Å²) in [5.74, 6) is 0.111. The summed E-state index contributed by atoms with van der Waals surface area (Å²) in [5, 5.41) is 17.2. The van der Waals surface area contributed by atoms with E-state index in [2.05, 4.69) is 31.1 Å². The molecule has 1 aromatic carbocycles. The number of nitrogens with two attached hydrogens (primary N) is 2. The molecule has 1 saturated carbocycles. The van der Waals surface area contributed by atoms with Crippen LogP contribution in [-0.4, -0.2) is 40.4 Å². The molecule has 2 aromatic rings. The van der Waals surface area contributed by atoms with Crippen LogP contribution in [0.1, 0.15) is 36.0 Å². The predicted molar refractivity (Wildman–Crippen MR) is 115 cm³/mol. The number of aromatic nitrogens is 2. The van der Waals surface area contributed by atoms with Crippen LogP contribution in [-0.2, 0) is 0 Å². The summed E-state index contributed by atoms with van der Waals surface area (Å²) in [6.07, 6.45) is 7.76. The monoisotopic (exact) mass is 395 g/mol. The Hall–Kier alpha value is -3.53. The number of carbonyl (C=O) groups is 1. The van der Waals surface area contributed by atoms with Crippen LogP contribution < -0.4 is 27.5 Å². The number of hydrogen-bond acceptors (Lipinski definition) is 9. The van der Waals surface area contributed by atoms with Gasteiger partial charge in [0.15, 0.2) is 0 Å². The molecule has 0 radical (unpaired) electrons. The van der Waals surface area contributed by atoms with E-state index in [1.54, 1.807) is 6.07 Å². The molecule has 0 aliphatic heterocycles. The number of nitrogens with one attached hydrogen (secondary N) is 4. The molecule has 1 aromatic heterocycles. The third kappa shape index (κ3) is 5.72. The minimum absolute atomic E-state index is 0.175. The summed E-state index contributed by atoms with van der Waals surface area (Å²) in [7, 11) is 0. The van der Waals surface area contributed by atoms with Gasteiger partial charge in [-0.2, -0.15) is 10.1 Å². The largest absolute Gasteiger partial charge is 0.365 e. The number of rotatable bonds is 8. The molecular formula is C19H25N9O. The van der Waals surface area contributed by atoms with Crippen molar-refractivity contribution in [2.75, 3.05) is 16.1 Å². The number of primary amides is 1. The van der Waals surface area contributed by atoms with E-state index in [9.17, 15) is 4.79 Å². The predicted octanol–water partition coefficient (Wildman–Crippen LogP) is 2.05. The van der Waals surface area contributed by atoms with E-state index in [1.807, 2.05) is 18.2 Å². The van der Waals surface area contributed by atoms with Gasteiger partial charge in [0.2, 0.25) is 5.95 Å². The van der Waals surface area contributed by atoms with E-state index in [4.69, 9.17) is 16.9 Å². The third-order valence-corrected chi connectivity index (χ3v) is 4.57. The molecule has 10 nitrogen and oxygen atoms in total. The fourth-order valence-electron chi connectivity index (χ4n) is 3.22. The summed E-state index contributed by atoms with van der Waals surface area (Å²) >= 11 is 0. The maximum absolute atomic E-state index is 11.8. The van der Waals surface area contributed by atoms with Crippen LogP contribution in [0.15, 0.2) is 35.6 Å². The number of hydrazone groups is 1. The molecule has 1 amide bonds. The van der Waals surface area contributed by atoms with Crippen molar-refractivity contribution in [2.45, 2.75) is 37.8 Å². The molecule has 2 atom stereocenters. The summed E-state index contributed by atoms with van der Waals surface area (Å²) < 4.78 is 0. The second kappa shape index (κ2) is 9.60. The van der Waals surface area contributed by atoms with E-state index in [1.165, 1.54) is 12.4 Å². The molecule has 0 bridgehead atoms. The quantitative estimate of drug-likeness (QED) is 0.294. The van der Waals surface area contributed by atoms with Gasteiger partial charge in [-0.1, -0.05) is 6.07 Å². The van der Waals surface area contributed by atoms with Crippen LogP contribution in [0.5, 0.6) is 0 Å². The Morgan fingerprint density at radius 1 is 1.31 bits per heavy atom. The maximum atomic E-state index is 11.8. The van der Waals surface area contributed by atoms with Crippen molar-refractivity contribution in [3.63, 3.8) is 0 Å². The molecule has 29 heavy (non-hydrogen) atoms. The molecule has 0 unspecified atom stereocenters. The molecule has 3 rings (SSSR count).